The Morgan fingerprint density at radius 3 is 2.23 bits per heavy atom. The second-order valence-electron chi connectivity index (χ2n) is 8.47. The molecule has 3 rings (SSSR count). The molecule has 2 aromatic rings. The summed E-state index contributed by atoms with van der Waals surface area (Å²) in [5.41, 5.74) is 0.787. The van der Waals surface area contributed by atoms with Crippen molar-refractivity contribution in [2.75, 3.05) is 18.0 Å². The molecule has 0 radical (unpaired) electrons. The Bertz CT molecular complexity index is 645. The summed E-state index contributed by atoms with van der Waals surface area (Å²) in [6, 6.07) is 0. The summed E-state index contributed by atoms with van der Waals surface area (Å²) in [5, 5.41) is 5.77. The van der Waals surface area contributed by atoms with Crippen molar-refractivity contribution in [3.63, 3.8) is 0 Å². The number of hydrogen-bond acceptors (Lipinski definition) is 5. The Hall–Kier alpha value is -1.14. The van der Waals surface area contributed by atoms with E-state index >= 15 is 0 Å². The maximum Gasteiger partial charge on any atom is 0.214 e. The molecular formula is C16H26N4OS. The van der Waals surface area contributed by atoms with Crippen molar-refractivity contribution in [1.82, 2.24) is 14.6 Å². The molecule has 3 heterocycles. The molecule has 0 aliphatic carbocycles. The molecule has 122 valence electrons. The Morgan fingerprint density at radius 2 is 1.73 bits per heavy atom. The summed E-state index contributed by atoms with van der Waals surface area (Å²) in [5.74, 6) is 0. The third kappa shape index (κ3) is 2.99. The van der Waals surface area contributed by atoms with E-state index in [1.165, 1.54) is 0 Å². The van der Waals surface area contributed by atoms with Crippen LogP contribution in [0.3, 0.4) is 0 Å². The lowest BCUT2D eigenvalue weighted by atomic mass is 9.93. The molecule has 1 aliphatic heterocycles. The number of fused-ring (bicyclic) bond motifs is 1. The Balaban J connectivity index is 1.92. The van der Waals surface area contributed by atoms with E-state index in [-0.39, 0.29) is 16.6 Å². The first-order valence-electron chi connectivity index (χ1n) is 7.77. The largest absolute Gasteiger partial charge is 0.366 e. The fourth-order valence-electron chi connectivity index (χ4n) is 3.10. The van der Waals surface area contributed by atoms with Crippen LogP contribution in [0.1, 0.15) is 54.2 Å². The number of aromatic nitrogens is 3. The van der Waals surface area contributed by atoms with E-state index in [1.807, 2.05) is 10.7 Å². The number of imidazole rings is 1. The van der Waals surface area contributed by atoms with Crippen LogP contribution in [0.5, 0.6) is 0 Å². The standard InChI is InChI=1S/C16H26N4OS/c1-14(2,3)11-8-20-12(17-11)22-13(18-20)19-9-15(4,5)21-16(6,7)10-19/h8H,9-10H2,1-7H3. The second kappa shape index (κ2) is 4.68. The van der Waals surface area contributed by atoms with Crippen LogP contribution in [0.4, 0.5) is 5.13 Å². The minimum absolute atomic E-state index is 0.0521. The van der Waals surface area contributed by atoms with Crippen LogP contribution in [0.15, 0.2) is 6.20 Å². The molecule has 22 heavy (non-hydrogen) atoms. The summed E-state index contributed by atoms with van der Waals surface area (Å²) in [7, 11) is 0. The Morgan fingerprint density at radius 1 is 1.14 bits per heavy atom. The highest BCUT2D eigenvalue weighted by Gasteiger charge is 2.39. The van der Waals surface area contributed by atoms with Gasteiger partial charge in [0.15, 0.2) is 0 Å². The first-order valence-corrected chi connectivity index (χ1v) is 8.59. The lowest BCUT2D eigenvalue weighted by Gasteiger charge is -2.46. The molecule has 2 aromatic heterocycles. The van der Waals surface area contributed by atoms with Crippen LogP contribution in [-0.4, -0.2) is 38.9 Å². The van der Waals surface area contributed by atoms with Crippen molar-refractivity contribution < 1.29 is 4.74 Å². The maximum atomic E-state index is 6.14. The van der Waals surface area contributed by atoms with Gasteiger partial charge in [-0.1, -0.05) is 32.1 Å². The molecule has 1 aliphatic rings. The lowest BCUT2D eigenvalue weighted by molar-refractivity contribution is -0.133. The minimum atomic E-state index is -0.175. The average Bonchev–Trinajstić information content (AvgIpc) is 2.79. The van der Waals surface area contributed by atoms with E-state index in [0.717, 1.165) is 28.9 Å². The van der Waals surface area contributed by atoms with Crippen molar-refractivity contribution in [3.8, 4) is 0 Å². The number of hydrogen-bond donors (Lipinski definition) is 0. The van der Waals surface area contributed by atoms with Crippen LogP contribution < -0.4 is 4.90 Å². The van der Waals surface area contributed by atoms with Gasteiger partial charge in [-0.2, -0.15) is 0 Å². The quantitative estimate of drug-likeness (QED) is 0.806. The molecule has 1 saturated heterocycles. The van der Waals surface area contributed by atoms with Gasteiger partial charge in [0.1, 0.15) is 0 Å². The monoisotopic (exact) mass is 322 g/mol. The lowest BCUT2D eigenvalue weighted by Crippen LogP contribution is -2.57. The first kappa shape index (κ1) is 15.7. The summed E-state index contributed by atoms with van der Waals surface area (Å²) < 4.78 is 8.06. The maximum absolute atomic E-state index is 6.14. The van der Waals surface area contributed by atoms with Crippen molar-refractivity contribution in [2.24, 2.45) is 0 Å². The van der Waals surface area contributed by atoms with Gasteiger partial charge in [0, 0.05) is 18.5 Å². The van der Waals surface area contributed by atoms with Crippen molar-refractivity contribution in [1.29, 1.82) is 0 Å². The molecule has 0 spiro atoms. The van der Waals surface area contributed by atoms with Crippen molar-refractivity contribution in [3.05, 3.63) is 11.9 Å². The fraction of sp³-hybridized carbons (Fsp3) is 0.750. The van der Waals surface area contributed by atoms with Crippen LogP contribution in [0.2, 0.25) is 0 Å². The second-order valence-corrected chi connectivity index (χ2v) is 9.40. The number of nitrogens with zero attached hydrogens (tertiary/aromatic N) is 4. The van der Waals surface area contributed by atoms with E-state index in [0.29, 0.717) is 0 Å². The smallest absolute Gasteiger partial charge is 0.214 e. The number of morpholine rings is 1. The van der Waals surface area contributed by atoms with Gasteiger partial charge in [-0.15, -0.1) is 5.10 Å². The molecule has 6 heteroatoms. The Kier molecular flexibility index (Phi) is 3.35. The van der Waals surface area contributed by atoms with Gasteiger partial charge in [-0.25, -0.2) is 9.50 Å². The topological polar surface area (TPSA) is 42.7 Å². The van der Waals surface area contributed by atoms with E-state index in [1.54, 1.807) is 11.3 Å². The molecule has 0 unspecified atom stereocenters. The third-order valence-corrected chi connectivity index (χ3v) is 4.75. The molecule has 1 fully saturated rings. The zero-order chi connectivity index (χ0) is 16.3. The number of ether oxygens (including phenoxy) is 1. The van der Waals surface area contributed by atoms with Crippen LogP contribution >= 0.6 is 11.3 Å². The zero-order valence-electron chi connectivity index (χ0n) is 14.6. The first-order chi connectivity index (χ1) is 9.95. The van der Waals surface area contributed by atoms with Gasteiger partial charge in [0.05, 0.1) is 23.1 Å². The van der Waals surface area contributed by atoms with Crippen LogP contribution in [-0.2, 0) is 10.2 Å². The van der Waals surface area contributed by atoms with Crippen LogP contribution in [0.25, 0.3) is 4.96 Å². The summed E-state index contributed by atoms with van der Waals surface area (Å²) >= 11 is 1.65. The van der Waals surface area contributed by atoms with E-state index in [4.69, 9.17) is 14.8 Å². The van der Waals surface area contributed by atoms with Gasteiger partial charge < -0.3 is 9.64 Å². The third-order valence-electron chi connectivity index (χ3n) is 3.77. The summed E-state index contributed by atoms with van der Waals surface area (Å²) in [4.78, 5) is 8.01. The SMILES string of the molecule is CC1(C)CN(c2nn3cc(C(C)(C)C)nc3s2)CC(C)(C)O1. The average molecular weight is 322 g/mol. The van der Waals surface area contributed by atoms with Gasteiger partial charge in [-0.3, -0.25) is 0 Å². The number of rotatable bonds is 1. The predicted octanol–water partition coefficient (Wildman–Crippen LogP) is 3.48. The summed E-state index contributed by atoms with van der Waals surface area (Å²) in [6.45, 7) is 16.8. The summed E-state index contributed by atoms with van der Waals surface area (Å²) in [6.07, 6.45) is 2.05. The Labute approximate surface area is 136 Å². The van der Waals surface area contributed by atoms with Gasteiger partial charge >= 0.3 is 0 Å². The fourth-order valence-corrected chi connectivity index (χ4v) is 3.98. The molecular weight excluding hydrogens is 296 g/mol. The predicted molar refractivity (Wildman–Crippen MR) is 91.0 cm³/mol. The molecule has 0 saturated carbocycles. The van der Waals surface area contributed by atoms with E-state index in [9.17, 15) is 0 Å². The molecule has 0 atom stereocenters. The normalized spacial score (nSPS) is 21.5. The van der Waals surface area contributed by atoms with Crippen molar-refractivity contribution in [2.45, 2.75) is 65.1 Å². The van der Waals surface area contributed by atoms with Gasteiger partial charge in [0.2, 0.25) is 10.1 Å². The van der Waals surface area contributed by atoms with E-state index in [2.05, 4.69) is 53.4 Å². The van der Waals surface area contributed by atoms with Crippen LogP contribution in [0, 0.1) is 0 Å². The van der Waals surface area contributed by atoms with Gasteiger partial charge in [0.25, 0.3) is 0 Å². The highest BCUT2D eigenvalue weighted by atomic mass is 32.1. The van der Waals surface area contributed by atoms with Gasteiger partial charge in [-0.05, 0) is 27.7 Å². The molecule has 5 nitrogen and oxygen atoms in total. The zero-order valence-corrected chi connectivity index (χ0v) is 15.4. The molecule has 0 bridgehead atoms. The van der Waals surface area contributed by atoms with Crippen molar-refractivity contribution >= 4 is 21.4 Å². The minimum Gasteiger partial charge on any atom is -0.366 e. The molecule has 0 amide bonds. The highest BCUT2D eigenvalue weighted by Crippen LogP contribution is 2.34. The van der Waals surface area contributed by atoms with E-state index < -0.39 is 0 Å². The number of anilines is 1. The molecule has 0 N–H and O–H groups in total. The molecule has 0 aromatic carbocycles. The highest BCUT2D eigenvalue weighted by molar-refractivity contribution is 7.20.